The third-order valence-electron chi connectivity index (χ3n) is 5.49. The second-order valence-electron chi connectivity index (χ2n) is 7.76. The Hall–Kier alpha value is -3.77. The lowest BCUT2D eigenvalue weighted by molar-refractivity contribution is -0.385. The van der Waals surface area contributed by atoms with Crippen LogP contribution in [0.4, 0.5) is 5.69 Å². The number of hydrogen-bond acceptors (Lipinski definition) is 6. The number of carbonyl (C=O) groups excluding carboxylic acids is 2. The number of hydrogen-bond donors (Lipinski definition) is 1. The van der Waals surface area contributed by atoms with Crippen LogP contribution in [0, 0.1) is 28.4 Å². The molecule has 0 aromatic heterocycles. The fraction of sp³-hybridized carbons (Fsp3) is 0.348. The van der Waals surface area contributed by atoms with Crippen LogP contribution in [0.25, 0.3) is 0 Å². The third kappa shape index (κ3) is 5.89. The van der Waals surface area contributed by atoms with Crippen LogP contribution in [0.1, 0.15) is 33.5 Å². The molecule has 2 aromatic rings. The zero-order valence-electron chi connectivity index (χ0n) is 17.9. The van der Waals surface area contributed by atoms with Crippen molar-refractivity contribution in [2.45, 2.75) is 19.9 Å². The fourth-order valence-corrected chi connectivity index (χ4v) is 3.69. The number of carbonyl (C=O) groups is 2. The first-order valence-corrected chi connectivity index (χ1v) is 10.4. The van der Waals surface area contributed by atoms with Crippen LogP contribution in [0.3, 0.4) is 0 Å². The standard InChI is InChI=1S/C23H25N5O4/c1-17-13-20(7-8-21(17)28(31)32)23(30)25-15-22(29)27-10-2-9-26(11-12-27)16-19-5-3-18(14-24)4-6-19/h3-8,13H,2,9-12,15-16H2,1H3,(H,25,30). The second kappa shape index (κ2) is 10.5. The number of nitrogens with zero attached hydrogens (tertiary/aromatic N) is 4. The van der Waals surface area contributed by atoms with Gasteiger partial charge in [0.05, 0.1) is 23.1 Å². The number of nitriles is 1. The highest BCUT2D eigenvalue weighted by atomic mass is 16.6. The van der Waals surface area contributed by atoms with Crippen LogP contribution in [0.5, 0.6) is 0 Å². The minimum atomic E-state index is -0.496. The molecule has 0 unspecified atom stereocenters. The van der Waals surface area contributed by atoms with E-state index in [-0.39, 0.29) is 23.7 Å². The molecule has 1 fully saturated rings. The maximum absolute atomic E-state index is 12.6. The Kier molecular flexibility index (Phi) is 7.52. The minimum Gasteiger partial charge on any atom is -0.343 e. The van der Waals surface area contributed by atoms with E-state index in [1.54, 1.807) is 24.0 Å². The van der Waals surface area contributed by atoms with E-state index in [1.165, 1.54) is 18.2 Å². The normalized spacial score (nSPS) is 14.3. The van der Waals surface area contributed by atoms with Gasteiger partial charge in [0.2, 0.25) is 5.91 Å². The van der Waals surface area contributed by atoms with Crippen molar-refractivity contribution in [1.82, 2.24) is 15.1 Å². The van der Waals surface area contributed by atoms with Crippen LogP contribution in [0.15, 0.2) is 42.5 Å². The Morgan fingerprint density at radius 2 is 1.88 bits per heavy atom. The van der Waals surface area contributed by atoms with Crippen molar-refractivity contribution in [3.63, 3.8) is 0 Å². The molecule has 1 N–H and O–H groups in total. The van der Waals surface area contributed by atoms with Gasteiger partial charge in [0.15, 0.2) is 0 Å². The summed E-state index contributed by atoms with van der Waals surface area (Å²) in [7, 11) is 0. The topological polar surface area (TPSA) is 120 Å². The van der Waals surface area contributed by atoms with Crippen molar-refractivity contribution in [3.8, 4) is 6.07 Å². The van der Waals surface area contributed by atoms with Crippen molar-refractivity contribution in [2.24, 2.45) is 0 Å². The Bertz CT molecular complexity index is 1050. The molecule has 0 atom stereocenters. The van der Waals surface area contributed by atoms with Crippen molar-refractivity contribution < 1.29 is 14.5 Å². The summed E-state index contributed by atoms with van der Waals surface area (Å²) >= 11 is 0. The molecule has 0 spiro atoms. The molecule has 0 bridgehead atoms. The van der Waals surface area contributed by atoms with E-state index in [0.29, 0.717) is 24.2 Å². The van der Waals surface area contributed by atoms with E-state index >= 15 is 0 Å². The predicted molar refractivity (Wildman–Crippen MR) is 118 cm³/mol. The Morgan fingerprint density at radius 1 is 1.12 bits per heavy atom. The predicted octanol–water partition coefficient (Wildman–Crippen LogP) is 2.24. The van der Waals surface area contributed by atoms with Gasteiger partial charge in [-0.25, -0.2) is 0 Å². The number of rotatable bonds is 6. The van der Waals surface area contributed by atoms with Gasteiger partial charge in [0.25, 0.3) is 11.6 Å². The van der Waals surface area contributed by atoms with Crippen LogP contribution >= 0.6 is 0 Å². The molecule has 9 nitrogen and oxygen atoms in total. The van der Waals surface area contributed by atoms with Gasteiger partial charge >= 0.3 is 0 Å². The Labute approximate surface area is 186 Å². The highest BCUT2D eigenvalue weighted by molar-refractivity contribution is 5.96. The quantitative estimate of drug-likeness (QED) is 0.549. The fourth-order valence-electron chi connectivity index (χ4n) is 3.69. The molecule has 0 radical (unpaired) electrons. The van der Waals surface area contributed by atoms with Crippen LogP contribution in [-0.4, -0.2) is 59.3 Å². The smallest absolute Gasteiger partial charge is 0.272 e. The first-order valence-electron chi connectivity index (χ1n) is 10.4. The van der Waals surface area contributed by atoms with Crippen molar-refractivity contribution in [2.75, 3.05) is 32.7 Å². The van der Waals surface area contributed by atoms with E-state index in [9.17, 15) is 19.7 Å². The van der Waals surface area contributed by atoms with Gasteiger partial charge in [-0.05, 0) is 43.2 Å². The zero-order valence-corrected chi connectivity index (χ0v) is 17.9. The molecule has 1 aliphatic rings. The summed E-state index contributed by atoms with van der Waals surface area (Å²) in [5.41, 5.74) is 2.38. The third-order valence-corrected chi connectivity index (χ3v) is 5.49. The van der Waals surface area contributed by atoms with Gasteiger partial charge in [-0.3, -0.25) is 24.6 Å². The van der Waals surface area contributed by atoms with Crippen LogP contribution in [0.2, 0.25) is 0 Å². The zero-order chi connectivity index (χ0) is 23.1. The molecule has 166 valence electrons. The van der Waals surface area contributed by atoms with E-state index in [2.05, 4.69) is 16.3 Å². The number of amides is 2. The molecule has 1 saturated heterocycles. The van der Waals surface area contributed by atoms with E-state index in [1.807, 2.05) is 12.1 Å². The van der Waals surface area contributed by atoms with Gasteiger partial charge < -0.3 is 10.2 Å². The average Bonchev–Trinajstić information content (AvgIpc) is 3.03. The van der Waals surface area contributed by atoms with Gasteiger partial charge in [-0.2, -0.15) is 5.26 Å². The van der Waals surface area contributed by atoms with E-state index < -0.39 is 10.8 Å². The highest BCUT2D eigenvalue weighted by Gasteiger charge is 2.20. The Morgan fingerprint density at radius 3 is 2.53 bits per heavy atom. The molecular formula is C23H25N5O4. The maximum Gasteiger partial charge on any atom is 0.272 e. The molecule has 1 aliphatic heterocycles. The van der Waals surface area contributed by atoms with E-state index in [4.69, 9.17) is 5.26 Å². The molecular weight excluding hydrogens is 410 g/mol. The van der Waals surface area contributed by atoms with Crippen molar-refractivity contribution >= 4 is 17.5 Å². The first-order chi connectivity index (χ1) is 15.4. The van der Waals surface area contributed by atoms with Crippen LogP contribution in [-0.2, 0) is 11.3 Å². The molecule has 3 rings (SSSR count). The number of nitro groups is 1. The summed E-state index contributed by atoms with van der Waals surface area (Å²) in [6.45, 7) is 4.98. The number of nitro benzene ring substituents is 1. The molecule has 9 heteroatoms. The molecule has 2 aromatic carbocycles. The molecule has 0 saturated carbocycles. The monoisotopic (exact) mass is 435 g/mol. The number of benzene rings is 2. The van der Waals surface area contributed by atoms with Crippen molar-refractivity contribution in [1.29, 1.82) is 5.26 Å². The van der Waals surface area contributed by atoms with Gasteiger partial charge in [0.1, 0.15) is 0 Å². The summed E-state index contributed by atoms with van der Waals surface area (Å²) in [6.07, 6.45) is 0.831. The average molecular weight is 435 g/mol. The summed E-state index contributed by atoms with van der Waals surface area (Å²) < 4.78 is 0. The lowest BCUT2D eigenvalue weighted by atomic mass is 10.1. The SMILES string of the molecule is Cc1cc(C(=O)NCC(=O)N2CCCN(Cc3ccc(C#N)cc3)CC2)ccc1[N+](=O)[O-]. The van der Waals surface area contributed by atoms with Gasteiger partial charge in [-0.1, -0.05) is 12.1 Å². The van der Waals surface area contributed by atoms with Gasteiger partial charge in [0, 0.05) is 49.9 Å². The Balaban J connectivity index is 1.49. The van der Waals surface area contributed by atoms with Gasteiger partial charge in [-0.15, -0.1) is 0 Å². The number of aryl methyl sites for hydroxylation is 1. The summed E-state index contributed by atoms with van der Waals surface area (Å²) in [4.78, 5) is 39.4. The highest BCUT2D eigenvalue weighted by Crippen LogP contribution is 2.18. The molecule has 2 amide bonds. The molecule has 32 heavy (non-hydrogen) atoms. The summed E-state index contributed by atoms with van der Waals surface area (Å²) in [6, 6.07) is 13.7. The first kappa shape index (κ1) is 22.9. The molecule has 0 aliphatic carbocycles. The summed E-state index contributed by atoms with van der Waals surface area (Å²) in [5, 5.41) is 22.4. The van der Waals surface area contributed by atoms with Crippen LogP contribution < -0.4 is 5.32 Å². The second-order valence-corrected chi connectivity index (χ2v) is 7.76. The van der Waals surface area contributed by atoms with E-state index in [0.717, 1.165) is 31.6 Å². The number of nitrogens with one attached hydrogen (secondary N) is 1. The van der Waals surface area contributed by atoms with Crippen molar-refractivity contribution in [3.05, 3.63) is 74.8 Å². The largest absolute Gasteiger partial charge is 0.343 e. The lowest BCUT2D eigenvalue weighted by Crippen LogP contribution is -2.42. The molecule has 1 heterocycles. The maximum atomic E-state index is 12.6. The summed E-state index contributed by atoms with van der Waals surface area (Å²) in [5.74, 6) is -0.592. The lowest BCUT2D eigenvalue weighted by Gasteiger charge is -2.22. The minimum absolute atomic E-state index is 0.0484.